The fourth-order valence-corrected chi connectivity index (χ4v) is 4.13. The highest BCUT2D eigenvalue weighted by molar-refractivity contribution is 7.13. The average Bonchev–Trinajstić information content (AvgIpc) is 3.43. The first-order valence-corrected chi connectivity index (χ1v) is 11.3. The van der Waals surface area contributed by atoms with Gasteiger partial charge in [-0.15, -0.1) is 11.3 Å². The molecule has 1 aromatic carbocycles. The van der Waals surface area contributed by atoms with Gasteiger partial charge in [-0.25, -0.2) is 4.79 Å². The Balaban J connectivity index is 1.23. The monoisotopic (exact) mass is 441 g/mol. The van der Waals surface area contributed by atoms with Crippen molar-refractivity contribution < 1.29 is 14.3 Å². The Hall–Kier alpha value is -3.07. The van der Waals surface area contributed by atoms with Gasteiger partial charge in [-0.05, 0) is 56.2 Å². The number of hydrogen-bond donors (Lipinski definition) is 3. The van der Waals surface area contributed by atoms with Gasteiger partial charge in [0.25, 0.3) is 5.91 Å². The molecule has 164 valence electrons. The number of thiophene rings is 1. The van der Waals surface area contributed by atoms with E-state index >= 15 is 0 Å². The molecule has 31 heavy (non-hydrogen) atoms. The first kappa shape index (κ1) is 21.2. The number of aryl methyl sites for hydroxylation is 1. The van der Waals surface area contributed by atoms with Crippen molar-refractivity contribution in [1.29, 1.82) is 0 Å². The van der Waals surface area contributed by atoms with Crippen molar-refractivity contribution >= 4 is 40.5 Å². The minimum atomic E-state index is -0.406. The summed E-state index contributed by atoms with van der Waals surface area (Å²) in [7, 11) is 0. The summed E-state index contributed by atoms with van der Waals surface area (Å²) in [6.07, 6.45) is 1.53. The first-order valence-electron chi connectivity index (χ1n) is 10.5. The number of anilines is 2. The summed E-state index contributed by atoms with van der Waals surface area (Å²) in [5, 5.41) is 6.14. The van der Waals surface area contributed by atoms with Gasteiger partial charge in [-0.1, -0.05) is 0 Å². The summed E-state index contributed by atoms with van der Waals surface area (Å²) in [5.41, 5.74) is 7.60. The fraction of sp³-hybridized carbons (Fsp3) is 0.409. The summed E-state index contributed by atoms with van der Waals surface area (Å²) in [4.78, 5) is 32.2. The van der Waals surface area contributed by atoms with Crippen LogP contribution < -0.4 is 21.3 Å². The van der Waals surface area contributed by atoms with Crippen LogP contribution in [0, 0.1) is 12.8 Å². The number of nitrogens with zero attached hydrogens (tertiary/aromatic N) is 2. The molecular weight excluding hydrogens is 414 g/mol. The molecule has 2 heterocycles. The van der Waals surface area contributed by atoms with Crippen LogP contribution in [-0.2, 0) is 4.74 Å². The molecule has 2 fully saturated rings. The lowest BCUT2D eigenvalue weighted by Gasteiger charge is -2.14. The predicted octanol–water partition coefficient (Wildman–Crippen LogP) is 2.99. The van der Waals surface area contributed by atoms with E-state index in [1.807, 2.05) is 37.3 Å². The van der Waals surface area contributed by atoms with Gasteiger partial charge in [-0.2, -0.15) is 0 Å². The smallest absolute Gasteiger partial charge is 0.414 e. The minimum Gasteiger partial charge on any atom is -0.442 e. The Kier molecular flexibility index (Phi) is 6.41. The van der Waals surface area contributed by atoms with E-state index in [1.54, 1.807) is 11.0 Å². The lowest BCUT2D eigenvalue weighted by Crippen LogP contribution is -2.34. The van der Waals surface area contributed by atoms with E-state index in [0.717, 1.165) is 34.9 Å². The molecule has 1 aromatic heterocycles. The van der Waals surface area contributed by atoms with Gasteiger partial charge >= 0.3 is 6.09 Å². The number of amidine groups is 1. The van der Waals surface area contributed by atoms with E-state index in [0.29, 0.717) is 30.4 Å². The Morgan fingerprint density at radius 3 is 2.71 bits per heavy atom. The second-order valence-corrected chi connectivity index (χ2v) is 9.08. The van der Waals surface area contributed by atoms with Gasteiger partial charge < -0.3 is 21.1 Å². The number of aliphatic imine (C=N–C) groups is 1. The van der Waals surface area contributed by atoms with Crippen molar-refractivity contribution in [3.05, 3.63) is 46.2 Å². The maximum absolute atomic E-state index is 12.3. The van der Waals surface area contributed by atoms with Crippen LogP contribution >= 0.6 is 11.3 Å². The zero-order chi connectivity index (χ0) is 21.8. The molecule has 0 unspecified atom stereocenters. The molecule has 1 aliphatic carbocycles. The molecule has 1 saturated heterocycles. The van der Waals surface area contributed by atoms with Gasteiger partial charge in [0.15, 0.2) is 0 Å². The van der Waals surface area contributed by atoms with Crippen molar-refractivity contribution in [3.8, 4) is 0 Å². The molecule has 1 saturated carbocycles. The number of cyclic esters (lactones) is 1. The van der Waals surface area contributed by atoms with Crippen LogP contribution in [0.3, 0.4) is 0 Å². The lowest BCUT2D eigenvalue weighted by molar-refractivity contribution is 0.0920. The molecular formula is C22H27N5O3S. The van der Waals surface area contributed by atoms with Gasteiger partial charge in [0, 0.05) is 28.7 Å². The van der Waals surface area contributed by atoms with Crippen LogP contribution in [0.4, 0.5) is 16.2 Å². The minimum absolute atomic E-state index is 0.147. The average molecular weight is 442 g/mol. The zero-order valence-corrected chi connectivity index (χ0v) is 18.3. The predicted molar refractivity (Wildman–Crippen MR) is 123 cm³/mol. The Bertz CT molecular complexity index is 968. The third-order valence-electron chi connectivity index (χ3n) is 5.24. The number of nitrogens with two attached hydrogens (primary N) is 1. The first-order chi connectivity index (χ1) is 15.0. The maximum atomic E-state index is 12.3. The van der Waals surface area contributed by atoms with E-state index in [-0.39, 0.29) is 18.6 Å². The molecule has 2 aromatic rings. The number of rotatable bonds is 9. The van der Waals surface area contributed by atoms with Crippen molar-refractivity contribution in [2.24, 2.45) is 16.6 Å². The summed E-state index contributed by atoms with van der Waals surface area (Å²) in [5.74, 6) is 1.11. The van der Waals surface area contributed by atoms with Gasteiger partial charge in [0.2, 0.25) is 0 Å². The molecule has 4 N–H and O–H groups in total. The topological polar surface area (TPSA) is 109 Å². The van der Waals surface area contributed by atoms with Crippen LogP contribution in [0.5, 0.6) is 0 Å². The number of nitrogens with one attached hydrogen (secondary N) is 2. The second kappa shape index (κ2) is 9.38. The molecule has 0 radical (unpaired) electrons. The normalized spacial score (nSPS) is 18.7. The van der Waals surface area contributed by atoms with Gasteiger partial charge in [0.1, 0.15) is 6.10 Å². The van der Waals surface area contributed by atoms with Crippen LogP contribution in [0.1, 0.15) is 27.4 Å². The van der Waals surface area contributed by atoms with E-state index < -0.39 is 6.09 Å². The Labute approximate surface area is 185 Å². The van der Waals surface area contributed by atoms with Crippen LogP contribution in [0.25, 0.3) is 0 Å². The maximum Gasteiger partial charge on any atom is 0.414 e. The third kappa shape index (κ3) is 5.55. The van der Waals surface area contributed by atoms with E-state index in [4.69, 9.17) is 10.5 Å². The SMILES string of the molecule is Cc1ccc(C(=O)NC[C@H]2CN(c3ccc(NCCN=C(N)C4CC4)cc3)C(=O)O2)s1. The molecule has 2 aliphatic rings. The van der Waals surface area contributed by atoms with Crippen LogP contribution in [0.15, 0.2) is 41.4 Å². The summed E-state index contributed by atoms with van der Waals surface area (Å²) >= 11 is 1.44. The summed E-state index contributed by atoms with van der Waals surface area (Å²) in [6.45, 7) is 3.97. The number of ether oxygens (including phenoxy) is 1. The van der Waals surface area contributed by atoms with Crippen molar-refractivity contribution in [1.82, 2.24) is 5.32 Å². The third-order valence-corrected chi connectivity index (χ3v) is 6.24. The standard InChI is InChI=1S/C22H27N5O3S/c1-14-2-9-19(31-14)21(28)26-12-18-13-27(22(29)30-18)17-7-5-16(6-8-17)24-10-11-25-20(23)15-3-4-15/h2,5-9,15,18,24H,3-4,10-13H2,1H3,(H2,23,25)(H,26,28)/t18-/m0/s1. The molecule has 1 atom stereocenters. The van der Waals surface area contributed by atoms with Gasteiger partial charge in [0.05, 0.1) is 30.3 Å². The largest absolute Gasteiger partial charge is 0.442 e. The van der Waals surface area contributed by atoms with E-state index in [1.165, 1.54) is 11.3 Å². The van der Waals surface area contributed by atoms with Crippen LogP contribution in [-0.4, -0.2) is 50.1 Å². The number of carbonyl (C=O) groups excluding carboxylic acids is 2. The lowest BCUT2D eigenvalue weighted by atomic mass is 10.2. The molecule has 4 rings (SSSR count). The van der Waals surface area contributed by atoms with Crippen molar-refractivity contribution in [3.63, 3.8) is 0 Å². The molecule has 2 amide bonds. The van der Waals surface area contributed by atoms with Crippen molar-refractivity contribution in [2.45, 2.75) is 25.9 Å². The highest BCUT2D eigenvalue weighted by Crippen LogP contribution is 2.28. The number of carbonyl (C=O) groups is 2. The molecule has 0 spiro atoms. The van der Waals surface area contributed by atoms with Crippen molar-refractivity contribution in [2.75, 3.05) is 36.4 Å². The fourth-order valence-electron chi connectivity index (χ4n) is 3.34. The molecule has 0 bridgehead atoms. The van der Waals surface area contributed by atoms with E-state index in [2.05, 4.69) is 15.6 Å². The second-order valence-electron chi connectivity index (χ2n) is 7.79. The molecule has 8 nitrogen and oxygen atoms in total. The highest BCUT2D eigenvalue weighted by Gasteiger charge is 2.32. The quantitative estimate of drug-likeness (QED) is 0.315. The number of hydrogen-bond acceptors (Lipinski definition) is 6. The summed E-state index contributed by atoms with van der Waals surface area (Å²) < 4.78 is 5.41. The zero-order valence-electron chi connectivity index (χ0n) is 17.5. The van der Waals surface area contributed by atoms with Gasteiger partial charge in [-0.3, -0.25) is 14.7 Å². The van der Waals surface area contributed by atoms with E-state index in [9.17, 15) is 9.59 Å². The number of amides is 2. The Morgan fingerprint density at radius 1 is 1.26 bits per heavy atom. The molecule has 9 heteroatoms. The highest BCUT2D eigenvalue weighted by atomic mass is 32.1. The number of benzene rings is 1. The van der Waals surface area contributed by atoms with Crippen LogP contribution in [0.2, 0.25) is 0 Å². The molecule has 1 aliphatic heterocycles. The Morgan fingerprint density at radius 2 is 2.03 bits per heavy atom. The summed E-state index contributed by atoms with van der Waals surface area (Å²) in [6, 6.07) is 11.3.